The molecule has 1 aromatic carbocycles. The molecular formula is C16H10FeO7. The molecule has 1 aromatic rings. The van der Waals surface area contributed by atoms with E-state index in [2.05, 4.69) is 31.4 Å². The second kappa shape index (κ2) is 22.5. The molecule has 0 unspecified atom stereocenters. The van der Waals surface area contributed by atoms with Gasteiger partial charge in [-0.15, -0.1) is 6.26 Å². The van der Waals surface area contributed by atoms with Crippen LogP contribution in [-0.2, 0) is 41.0 Å². The van der Waals surface area contributed by atoms with Crippen molar-refractivity contribution in [2.75, 3.05) is 0 Å². The van der Waals surface area contributed by atoms with Crippen molar-refractivity contribution >= 4 is 32.3 Å². The third-order valence-electron chi connectivity index (χ3n) is 1.68. The number of esters is 2. The molecule has 0 N–H and O–H groups in total. The Kier molecular flexibility index (Phi) is 27.3. The summed E-state index contributed by atoms with van der Waals surface area (Å²) in [6, 6.07) is 6.25. The zero-order valence-electron chi connectivity index (χ0n) is 12.3. The molecule has 8 heteroatoms. The van der Waals surface area contributed by atoms with Crippen LogP contribution >= 0.6 is 0 Å². The number of rotatable bonds is 4. The molecule has 7 nitrogen and oxygen atoms in total. The van der Waals surface area contributed by atoms with Gasteiger partial charge in [0.25, 0.3) is 0 Å². The van der Waals surface area contributed by atoms with Gasteiger partial charge >= 0.3 is 23.0 Å². The molecule has 0 spiro atoms. The van der Waals surface area contributed by atoms with Crippen LogP contribution in [0.5, 0.6) is 5.75 Å². The van der Waals surface area contributed by atoms with Gasteiger partial charge in [-0.25, -0.2) is 0 Å². The van der Waals surface area contributed by atoms with Gasteiger partial charge < -0.3 is 61.7 Å². The molecule has 0 fully saturated rings. The maximum absolute atomic E-state index is 11.6. The Morgan fingerprint density at radius 2 is 1.58 bits per heavy atom. The Bertz CT molecular complexity index is 510. The summed E-state index contributed by atoms with van der Waals surface area (Å²) in [6.45, 7) is 19.8. The van der Waals surface area contributed by atoms with Crippen molar-refractivity contribution in [1.82, 2.24) is 0 Å². The van der Waals surface area contributed by atoms with Gasteiger partial charge in [0.1, 0.15) is 5.75 Å². The van der Waals surface area contributed by atoms with Crippen molar-refractivity contribution in [2.24, 2.45) is 0 Å². The fourth-order valence-corrected chi connectivity index (χ4v) is 1.06. The van der Waals surface area contributed by atoms with E-state index in [1.807, 2.05) is 0 Å². The van der Waals surface area contributed by atoms with E-state index in [0.717, 1.165) is 0 Å². The SMILES string of the molecule is [C-]=O.[C-]=O.[C-]=O.[CH-]=CC=[C-]OC(=O)c1ccccc1OC(C)=O.[Fe+5]. The standard InChI is InChI=1S/C13H10O4.3CO.Fe/c1-3-4-9-16-13(15)11-7-5-6-8-12(11)17-10(2)14;3*1-2;/h1,3-8H,2H3;;;;/q-2;3*-1;+5. The summed E-state index contributed by atoms with van der Waals surface area (Å²) >= 11 is 0. The summed E-state index contributed by atoms with van der Waals surface area (Å²) in [5.41, 5.74) is 0.139. The summed E-state index contributed by atoms with van der Waals surface area (Å²) in [5, 5.41) is 0. The molecule has 1 rings (SSSR count). The number of hydrogen-bond acceptors (Lipinski definition) is 7. The molecule has 124 valence electrons. The zero-order chi connectivity index (χ0) is 18.7. The van der Waals surface area contributed by atoms with Crippen LogP contribution in [0, 0.1) is 12.8 Å². The van der Waals surface area contributed by atoms with Crippen LogP contribution in [0.2, 0.25) is 0 Å². The Labute approximate surface area is 150 Å². The molecule has 0 aromatic heterocycles. The van der Waals surface area contributed by atoms with E-state index in [9.17, 15) is 9.59 Å². The van der Waals surface area contributed by atoms with Crippen molar-refractivity contribution in [3.8, 4) is 5.75 Å². The van der Waals surface area contributed by atoms with Gasteiger partial charge in [0.05, 0.1) is 0 Å². The maximum atomic E-state index is 11.6. The van der Waals surface area contributed by atoms with Crippen molar-refractivity contribution in [2.45, 2.75) is 6.92 Å². The first-order chi connectivity index (χ1) is 11.1. The van der Waals surface area contributed by atoms with Crippen molar-refractivity contribution in [3.63, 3.8) is 0 Å². The summed E-state index contributed by atoms with van der Waals surface area (Å²) in [6.07, 6.45) is 4.63. The third kappa shape index (κ3) is 14.1. The van der Waals surface area contributed by atoms with Crippen LogP contribution in [0.4, 0.5) is 0 Å². The summed E-state index contributed by atoms with van der Waals surface area (Å²) in [7, 11) is 0. The van der Waals surface area contributed by atoms with E-state index < -0.39 is 11.9 Å². The smallest absolute Gasteiger partial charge is 0.573 e. The van der Waals surface area contributed by atoms with Crippen LogP contribution in [0.1, 0.15) is 17.3 Å². The Morgan fingerprint density at radius 3 is 2.04 bits per heavy atom. The average Bonchev–Trinajstić information content (AvgIpc) is 2.60. The summed E-state index contributed by atoms with van der Waals surface area (Å²) < 4.78 is 9.51. The molecule has 0 saturated carbocycles. The first-order valence-corrected chi connectivity index (χ1v) is 5.37. The van der Waals surface area contributed by atoms with Crippen LogP contribution < -0.4 is 4.74 Å². The number of para-hydroxylation sites is 1. The predicted molar refractivity (Wildman–Crippen MR) is 76.9 cm³/mol. The van der Waals surface area contributed by atoms with Gasteiger partial charge in [0, 0.05) is 12.5 Å². The van der Waals surface area contributed by atoms with E-state index in [1.54, 1.807) is 12.1 Å². The molecule has 0 aliphatic heterocycles. The Balaban J connectivity index is -0.000000256. The van der Waals surface area contributed by atoms with Gasteiger partial charge in [-0.2, -0.15) is 0 Å². The van der Waals surface area contributed by atoms with Gasteiger partial charge in [-0.05, 0) is 6.07 Å². The van der Waals surface area contributed by atoms with Gasteiger partial charge in [-0.1, -0.05) is 18.2 Å². The van der Waals surface area contributed by atoms with Crippen molar-refractivity contribution in [1.29, 1.82) is 0 Å². The molecule has 0 aliphatic rings. The first kappa shape index (κ1) is 29.2. The van der Waals surface area contributed by atoms with E-state index >= 15 is 0 Å². The third-order valence-corrected chi connectivity index (χ3v) is 1.68. The van der Waals surface area contributed by atoms with Crippen LogP contribution in [0.25, 0.3) is 0 Å². The van der Waals surface area contributed by atoms with Gasteiger partial charge in [-0.3, -0.25) is 10.9 Å². The number of allylic oxidation sites excluding steroid dienone is 2. The largest absolute Gasteiger partial charge is 5.00 e. The van der Waals surface area contributed by atoms with Crippen LogP contribution in [-0.4, -0.2) is 32.3 Å². The quantitative estimate of drug-likeness (QED) is 0.194. The van der Waals surface area contributed by atoms with E-state index in [-0.39, 0.29) is 28.4 Å². The number of carbonyl (C=O) groups excluding carboxylic acids is 5. The normalized spacial score (nSPS) is 7.54. The topological polar surface area (TPSA) is 104 Å². The molecule has 0 heterocycles. The monoisotopic (exact) mass is 370 g/mol. The minimum Gasteiger partial charge on any atom is -0.573 e. The zero-order valence-corrected chi connectivity index (χ0v) is 13.4. The van der Waals surface area contributed by atoms with E-state index in [1.165, 1.54) is 31.2 Å². The van der Waals surface area contributed by atoms with E-state index in [0.29, 0.717) is 0 Å². The molecule has 4 radical (unpaired) electrons. The molecule has 0 aliphatic carbocycles. The number of hydrogen-bond donors (Lipinski definition) is 0. The fourth-order valence-electron chi connectivity index (χ4n) is 1.06. The summed E-state index contributed by atoms with van der Waals surface area (Å²) in [4.78, 5) is 44.9. The Morgan fingerprint density at radius 1 is 1.08 bits per heavy atom. The number of benzene rings is 1. The van der Waals surface area contributed by atoms with Gasteiger partial charge in [0.2, 0.25) is 5.97 Å². The molecule has 0 atom stereocenters. The second-order valence-corrected chi connectivity index (χ2v) is 2.96. The Hall–Kier alpha value is -2.83. The number of carbonyl (C=O) groups is 2. The number of ether oxygens (including phenoxy) is 2. The molecule has 0 amide bonds. The fraction of sp³-hybridized carbons (Fsp3) is 0.0625. The van der Waals surface area contributed by atoms with Crippen molar-refractivity contribution < 1.29 is 50.5 Å². The maximum Gasteiger partial charge on any atom is 5.00 e. The van der Waals surface area contributed by atoms with Crippen LogP contribution in [0.3, 0.4) is 0 Å². The van der Waals surface area contributed by atoms with Crippen molar-refractivity contribution in [3.05, 3.63) is 54.8 Å². The molecule has 24 heavy (non-hydrogen) atoms. The molecule has 0 saturated heterocycles. The minimum atomic E-state index is -0.681. The predicted octanol–water partition coefficient (Wildman–Crippen LogP) is 0.881. The van der Waals surface area contributed by atoms with Gasteiger partial charge in [0.15, 0.2) is 0 Å². The summed E-state index contributed by atoms with van der Waals surface area (Å²) in [5.74, 6) is -1.05. The first-order valence-electron chi connectivity index (χ1n) is 5.37. The second-order valence-electron chi connectivity index (χ2n) is 2.96. The van der Waals surface area contributed by atoms with E-state index in [4.69, 9.17) is 25.7 Å². The minimum absolute atomic E-state index is 0. The average molecular weight is 370 g/mol. The molecule has 0 bridgehead atoms. The van der Waals surface area contributed by atoms with Crippen LogP contribution in [0.15, 0.2) is 36.4 Å². The molecular weight excluding hydrogens is 360 g/mol.